The number of hydrogen-bond acceptors (Lipinski definition) is 4. The molecule has 0 unspecified atom stereocenters. The van der Waals surface area contributed by atoms with Crippen LogP contribution in [-0.2, 0) is 0 Å². The molecule has 162 valence electrons. The summed E-state index contributed by atoms with van der Waals surface area (Å²) in [5.74, 6) is 1.12. The summed E-state index contributed by atoms with van der Waals surface area (Å²) in [5.41, 5.74) is 2.80. The van der Waals surface area contributed by atoms with Crippen LogP contribution in [0, 0.1) is 18.7 Å². The molecule has 2 aliphatic rings. The zero-order valence-corrected chi connectivity index (χ0v) is 17.9. The van der Waals surface area contributed by atoms with E-state index in [2.05, 4.69) is 22.2 Å². The Morgan fingerprint density at radius 2 is 2.10 bits per heavy atom. The summed E-state index contributed by atoms with van der Waals surface area (Å²) in [6, 6.07) is 7.16. The van der Waals surface area contributed by atoms with Crippen molar-refractivity contribution in [2.75, 3.05) is 29.9 Å². The molecule has 2 atom stereocenters. The summed E-state index contributed by atoms with van der Waals surface area (Å²) < 4.78 is 16.3. The van der Waals surface area contributed by atoms with Crippen molar-refractivity contribution >= 4 is 23.2 Å². The van der Waals surface area contributed by atoms with Gasteiger partial charge in [-0.25, -0.2) is 18.7 Å². The minimum Gasteiger partial charge on any atom is -0.349 e. The molecule has 3 aromatic rings. The van der Waals surface area contributed by atoms with Crippen LogP contribution in [0.25, 0.3) is 5.65 Å². The van der Waals surface area contributed by atoms with E-state index >= 15 is 0 Å². The molecule has 0 spiro atoms. The van der Waals surface area contributed by atoms with Gasteiger partial charge in [-0.05, 0) is 49.8 Å². The topological polar surface area (TPSA) is 65.8 Å². The fraction of sp³-hybridized carbons (Fsp3) is 0.435. The Bertz CT molecular complexity index is 1130. The Hall–Kier alpha value is -3.16. The van der Waals surface area contributed by atoms with Crippen molar-refractivity contribution in [1.29, 1.82) is 0 Å². The van der Waals surface area contributed by atoms with Crippen molar-refractivity contribution in [3.63, 3.8) is 0 Å². The van der Waals surface area contributed by atoms with Gasteiger partial charge in [0, 0.05) is 31.4 Å². The summed E-state index contributed by atoms with van der Waals surface area (Å²) in [5, 5.41) is 7.29. The second-order valence-electron chi connectivity index (χ2n) is 8.76. The van der Waals surface area contributed by atoms with Crippen molar-refractivity contribution in [2.24, 2.45) is 5.92 Å². The van der Waals surface area contributed by atoms with Crippen molar-refractivity contribution in [2.45, 2.75) is 39.2 Å². The fourth-order valence-corrected chi connectivity index (χ4v) is 4.69. The molecule has 8 heteroatoms. The maximum Gasteiger partial charge on any atom is 0.321 e. The van der Waals surface area contributed by atoms with Crippen LogP contribution in [0.3, 0.4) is 0 Å². The highest BCUT2D eigenvalue weighted by Gasteiger charge is 2.30. The van der Waals surface area contributed by atoms with E-state index in [0.29, 0.717) is 22.8 Å². The molecule has 5 rings (SSSR count). The smallest absolute Gasteiger partial charge is 0.321 e. The third-order valence-electron chi connectivity index (χ3n) is 6.37. The molecule has 0 radical (unpaired) electrons. The summed E-state index contributed by atoms with van der Waals surface area (Å²) >= 11 is 0. The predicted octanol–water partition coefficient (Wildman–Crippen LogP) is 4.39. The second-order valence-corrected chi connectivity index (χ2v) is 8.76. The lowest BCUT2D eigenvalue weighted by molar-refractivity contribution is 0.221. The number of nitrogens with one attached hydrogen (secondary N) is 1. The van der Waals surface area contributed by atoms with Gasteiger partial charge in [0.25, 0.3) is 0 Å². The lowest BCUT2D eigenvalue weighted by atomic mass is 10.0. The molecule has 0 saturated carbocycles. The summed E-state index contributed by atoms with van der Waals surface area (Å²) in [7, 11) is 0. The Labute approximate surface area is 180 Å². The highest BCUT2D eigenvalue weighted by Crippen LogP contribution is 2.37. The average molecular weight is 423 g/mol. The minimum absolute atomic E-state index is 0.0531. The first kappa shape index (κ1) is 19.8. The van der Waals surface area contributed by atoms with Gasteiger partial charge < -0.3 is 15.1 Å². The van der Waals surface area contributed by atoms with Gasteiger partial charge in [0.05, 0.1) is 12.2 Å². The van der Waals surface area contributed by atoms with Crippen LogP contribution in [0.4, 0.5) is 20.7 Å². The maximum absolute atomic E-state index is 14.7. The minimum atomic E-state index is -0.171. The molecule has 0 aliphatic carbocycles. The number of halogens is 1. The van der Waals surface area contributed by atoms with Gasteiger partial charge >= 0.3 is 6.03 Å². The average Bonchev–Trinajstić information content (AvgIpc) is 3.48. The molecular formula is C23H27FN6O. The Morgan fingerprint density at radius 1 is 1.23 bits per heavy atom. The number of urea groups is 1. The molecule has 1 aromatic carbocycles. The number of aromatic nitrogens is 3. The van der Waals surface area contributed by atoms with Gasteiger partial charge in [-0.3, -0.25) is 0 Å². The molecular weight excluding hydrogens is 395 g/mol. The molecule has 31 heavy (non-hydrogen) atoms. The number of anilines is 2. The van der Waals surface area contributed by atoms with Gasteiger partial charge in [0.1, 0.15) is 17.3 Å². The lowest BCUT2D eigenvalue weighted by Gasteiger charge is -2.26. The molecule has 2 saturated heterocycles. The largest absolute Gasteiger partial charge is 0.349 e. The van der Waals surface area contributed by atoms with Gasteiger partial charge in [0.15, 0.2) is 5.65 Å². The van der Waals surface area contributed by atoms with Gasteiger partial charge in [0.2, 0.25) is 0 Å². The van der Waals surface area contributed by atoms with Crippen LogP contribution in [0.2, 0.25) is 0 Å². The SMILES string of the molecule is Cc1ccc([C@H]2CCCN2c2ccn3ncc(NC(=O)N4CC[C@H](C)C4)c3n2)c(F)c1. The third kappa shape index (κ3) is 3.71. The van der Waals surface area contributed by atoms with E-state index in [1.165, 1.54) is 0 Å². The molecule has 1 N–H and O–H groups in total. The fourth-order valence-electron chi connectivity index (χ4n) is 4.69. The Kier molecular flexibility index (Phi) is 5.00. The van der Waals surface area contributed by atoms with Crippen LogP contribution in [0.5, 0.6) is 0 Å². The quantitative estimate of drug-likeness (QED) is 0.680. The monoisotopic (exact) mass is 422 g/mol. The van der Waals surface area contributed by atoms with E-state index < -0.39 is 0 Å². The summed E-state index contributed by atoms with van der Waals surface area (Å²) in [6.45, 7) is 6.39. The van der Waals surface area contributed by atoms with E-state index in [4.69, 9.17) is 4.98 Å². The van der Waals surface area contributed by atoms with Crippen molar-refractivity contribution < 1.29 is 9.18 Å². The van der Waals surface area contributed by atoms with Crippen molar-refractivity contribution in [3.05, 3.63) is 53.6 Å². The van der Waals surface area contributed by atoms with Crippen LogP contribution in [0.15, 0.2) is 36.7 Å². The Balaban J connectivity index is 1.42. The number of amides is 2. The van der Waals surface area contributed by atoms with Gasteiger partial charge in [-0.1, -0.05) is 19.1 Å². The van der Waals surface area contributed by atoms with Crippen molar-refractivity contribution in [1.82, 2.24) is 19.5 Å². The van der Waals surface area contributed by atoms with E-state index in [-0.39, 0.29) is 17.9 Å². The Morgan fingerprint density at radius 3 is 2.87 bits per heavy atom. The molecule has 2 aliphatic heterocycles. The number of fused-ring (bicyclic) bond motifs is 1. The number of aryl methyl sites for hydroxylation is 1. The third-order valence-corrected chi connectivity index (χ3v) is 6.37. The van der Waals surface area contributed by atoms with Crippen molar-refractivity contribution in [3.8, 4) is 0 Å². The van der Waals surface area contributed by atoms with Crippen LogP contribution in [-0.4, -0.2) is 45.2 Å². The number of carbonyl (C=O) groups is 1. The maximum atomic E-state index is 14.7. The summed E-state index contributed by atoms with van der Waals surface area (Å²) in [4.78, 5) is 21.4. The molecule has 4 heterocycles. The number of rotatable bonds is 3. The van der Waals surface area contributed by atoms with Crippen LogP contribution < -0.4 is 10.2 Å². The number of benzene rings is 1. The molecule has 0 bridgehead atoms. The molecule has 2 amide bonds. The normalized spacial score (nSPS) is 21.3. The predicted molar refractivity (Wildman–Crippen MR) is 118 cm³/mol. The van der Waals surface area contributed by atoms with E-state index in [0.717, 1.165) is 50.3 Å². The highest BCUT2D eigenvalue weighted by atomic mass is 19.1. The van der Waals surface area contributed by atoms with Gasteiger partial charge in [-0.2, -0.15) is 5.10 Å². The first-order chi connectivity index (χ1) is 15.0. The zero-order valence-electron chi connectivity index (χ0n) is 17.9. The molecule has 2 fully saturated rings. The molecule has 2 aromatic heterocycles. The zero-order chi connectivity index (χ0) is 21.5. The van der Waals surface area contributed by atoms with Crippen LogP contribution >= 0.6 is 0 Å². The van der Waals surface area contributed by atoms with E-state index in [1.807, 2.05) is 36.2 Å². The lowest BCUT2D eigenvalue weighted by Crippen LogP contribution is -2.32. The number of nitrogens with zero attached hydrogens (tertiary/aromatic N) is 5. The molecule has 7 nitrogen and oxygen atoms in total. The highest BCUT2D eigenvalue weighted by molar-refractivity contribution is 5.93. The van der Waals surface area contributed by atoms with Gasteiger partial charge in [-0.15, -0.1) is 0 Å². The number of hydrogen-bond donors (Lipinski definition) is 1. The van der Waals surface area contributed by atoms with E-state index in [1.54, 1.807) is 16.8 Å². The summed E-state index contributed by atoms with van der Waals surface area (Å²) in [6.07, 6.45) is 6.34. The standard InChI is InChI=1S/C23H27FN6O/c1-15-5-6-17(18(24)12-15)20-4-3-9-29(20)21-8-11-30-22(27-21)19(13-25-30)26-23(31)28-10-7-16(2)14-28/h5-6,8,11-13,16,20H,3-4,7,9-10,14H2,1-2H3,(H,26,31)/t16-,20+/m0/s1. The number of likely N-dealkylation sites (tertiary alicyclic amines) is 1. The van der Waals surface area contributed by atoms with Crippen LogP contribution in [0.1, 0.15) is 43.4 Å². The first-order valence-corrected chi connectivity index (χ1v) is 10.9. The van der Waals surface area contributed by atoms with E-state index in [9.17, 15) is 9.18 Å². The first-order valence-electron chi connectivity index (χ1n) is 10.9. The number of carbonyl (C=O) groups excluding carboxylic acids is 1. The second kappa shape index (κ2) is 7.83.